The summed E-state index contributed by atoms with van der Waals surface area (Å²) >= 11 is 0. The summed E-state index contributed by atoms with van der Waals surface area (Å²) in [5, 5.41) is 0. The van der Waals surface area contributed by atoms with Gasteiger partial charge in [-0.1, -0.05) is 80.9 Å². The van der Waals surface area contributed by atoms with Crippen molar-refractivity contribution in [1.29, 1.82) is 0 Å². The van der Waals surface area contributed by atoms with Crippen molar-refractivity contribution in [1.82, 2.24) is 0 Å². The van der Waals surface area contributed by atoms with Crippen molar-refractivity contribution in [3.63, 3.8) is 0 Å². The first kappa shape index (κ1) is 23.0. The molecule has 0 amide bonds. The summed E-state index contributed by atoms with van der Waals surface area (Å²) in [5.74, 6) is 0. The lowest BCUT2D eigenvalue weighted by molar-refractivity contribution is -0.660. The number of hydrogen-bond donors (Lipinski definition) is 0. The lowest BCUT2D eigenvalue weighted by Crippen LogP contribution is -2.30. The monoisotopic (exact) mass is 434 g/mol. The molecule has 168 valence electrons. The third-order valence-corrected chi connectivity index (χ3v) is 6.48. The second kappa shape index (κ2) is 8.98. The Hall–Kier alpha value is -3.19. The van der Waals surface area contributed by atoms with Gasteiger partial charge in [0.15, 0.2) is 6.20 Å². The molecule has 0 aliphatic carbocycles. The molecule has 0 aliphatic heterocycles. The summed E-state index contributed by atoms with van der Waals surface area (Å²) in [5.41, 5.74) is 13.3. The summed E-state index contributed by atoms with van der Waals surface area (Å²) in [6, 6.07) is 27.1. The molecule has 4 aromatic rings. The SMILES string of the molecule is Cc1cc(C)c(C)c(-c2cc(-c3ccc(-c4ccc(CC(C)(C)C)cc4)cc3)cc[n+]2C)c1. The van der Waals surface area contributed by atoms with Gasteiger partial charge in [0, 0.05) is 17.7 Å². The maximum Gasteiger partial charge on any atom is 0.213 e. The first-order valence-electron chi connectivity index (χ1n) is 11.9. The molecule has 4 rings (SSSR count). The van der Waals surface area contributed by atoms with Crippen molar-refractivity contribution in [2.24, 2.45) is 12.5 Å². The fourth-order valence-corrected chi connectivity index (χ4v) is 4.61. The molecule has 3 aromatic carbocycles. The number of pyridine rings is 1. The first-order valence-corrected chi connectivity index (χ1v) is 11.9. The van der Waals surface area contributed by atoms with Gasteiger partial charge in [-0.05, 0) is 77.6 Å². The Morgan fingerprint density at radius 1 is 0.667 bits per heavy atom. The van der Waals surface area contributed by atoms with Crippen molar-refractivity contribution in [2.75, 3.05) is 0 Å². The number of hydrogen-bond acceptors (Lipinski definition) is 0. The predicted octanol–water partition coefficient (Wildman–Crippen LogP) is 8.03. The van der Waals surface area contributed by atoms with E-state index in [1.165, 1.54) is 55.8 Å². The van der Waals surface area contributed by atoms with Crippen LogP contribution in [0.3, 0.4) is 0 Å². The van der Waals surface area contributed by atoms with Crippen LogP contribution in [0.15, 0.2) is 79.0 Å². The Morgan fingerprint density at radius 2 is 1.21 bits per heavy atom. The molecule has 0 atom stereocenters. The van der Waals surface area contributed by atoms with Crippen LogP contribution < -0.4 is 4.57 Å². The molecule has 0 fully saturated rings. The van der Waals surface area contributed by atoms with Gasteiger partial charge in [0.05, 0.1) is 0 Å². The second-order valence-electron chi connectivity index (χ2n) is 10.7. The fourth-order valence-electron chi connectivity index (χ4n) is 4.61. The predicted molar refractivity (Wildman–Crippen MR) is 141 cm³/mol. The van der Waals surface area contributed by atoms with Crippen molar-refractivity contribution in [2.45, 2.75) is 48.0 Å². The molecule has 0 saturated heterocycles. The van der Waals surface area contributed by atoms with E-state index in [0.717, 1.165) is 6.42 Å². The van der Waals surface area contributed by atoms with Crippen molar-refractivity contribution >= 4 is 0 Å². The van der Waals surface area contributed by atoms with E-state index in [0.29, 0.717) is 5.41 Å². The Labute approximate surface area is 199 Å². The minimum absolute atomic E-state index is 0.310. The Balaban J connectivity index is 1.63. The van der Waals surface area contributed by atoms with Gasteiger partial charge in [-0.25, -0.2) is 4.57 Å². The third-order valence-electron chi connectivity index (χ3n) is 6.48. The van der Waals surface area contributed by atoms with Crippen LogP contribution in [0.5, 0.6) is 0 Å². The second-order valence-corrected chi connectivity index (χ2v) is 10.7. The first-order chi connectivity index (χ1) is 15.6. The van der Waals surface area contributed by atoms with Crippen LogP contribution in [0.2, 0.25) is 0 Å². The van der Waals surface area contributed by atoms with Crippen LogP contribution >= 0.6 is 0 Å². The molecule has 0 aliphatic rings. The molecular weight excluding hydrogens is 398 g/mol. The van der Waals surface area contributed by atoms with Crippen LogP contribution in [-0.2, 0) is 13.5 Å². The van der Waals surface area contributed by atoms with Gasteiger partial charge in [0.25, 0.3) is 0 Å². The maximum absolute atomic E-state index is 2.32. The zero-order valence-electron chi connectivity index (χ0n) is 21.2. The third kappa shape index (κ3) is 5.25. The average Bonchev–Trinajstić information content (AvgIpc) is 2.76. The number of benzene rings is 3. The van der Waals surface area contributed by atoms with Crippen LogP contribution in [0, 0.1) is 26.2 Å². The highest BCUT2D eigenvalue weighted by molar-refractivity contribution is 5.74. The van der Waals surface area contributed by atoms with Crippen LogP contribution in [-0.4, -0.2) is 0 Å². The molecule has 1 aromatic heterocycles. The van der Waals surface area contributed by atoms with E-state index in [-0.39, 0.29) is 0 Å². The Morgan fingerprint density at radius 3 is 1.79 bits per heavy atom. The number of nitrogens with zero attached hydrogens (tertiary/aromatic N) is 1. The molecular formula is C32H36N+. The van der Waals surface area contributed by atoms with Crippen LogP contribution in [0.4, 0.5) is 0 Å². The van der Waals surface area contributed by atoms with Crippen LogP contribution in [0.1, 0.15) is 43.0 Å². The van der Waals surface area contributed by atoms with E-state index >= 15 is 0 Å². The summed E-state index contributed by atoms with van der Waals surface area (Å²) in [7, 11) is 2.13. The van der Waals surface area contributed by atoms with E-state index in [9.17, 15) is 0 Å². The summed E-state index contributed by atoms with van der Waals surface area (Å²) < 4.78 is 2.22. The summed E-state index contributed by atoms with van der Waals surface area (Å²) in [6.45, 7) is 13.5. The van der Waals surface area contributed by atoms with Gasteiger partial charge >= 0.3 is 0 Å². The number of aromatic nitrogens is 1. The minimum Gasteiger partial charge on any atom is -0.201 e. The van der Waals surface area contributed by atoms with Crippen molar-refractivity contribution in [3.05, 3.63) is 101 Å². The Kier molecular flexibility index (Phi) is 6.26. The molecule has 0 saturated carbocycles. The number of aryl methyl sites for hydroxylation is 3. The lowest BCUT2D eigenvalue weighted by Gasteiger charge is -2.18. The van der Waals surface area contributed by atoms with E-state index in [1.807, 2.05) is 0 Å². The standard InChI is InChI=1S/C32H36N/c1-22-18-23(2)24(3)30(19-22)31-20-29(16-17-33(31)7)28-14-12-27(13-15-28)26-10-8-25(9-11-26)21-32(4,5)6/h8-20H,21H2,1-7H3/q+1. The zero-order valence-corrected chi connectivity index (χ0v) is 21.2. The van der Waals surface area contributed by atoms with E-state index in [2.05, 4.69) is 132 Å². The molecule has 0 N–H and O–H groups in total. The van der Waals surface area contributed by atoms with E-state index in [1.54, 1.807) is 0 Å². The van der Waals surface area contributed by atoms with E-state index in [4.69, 9.17) is 0 Å². The van der Waals surface area contributed by atoms with Crippen molar-refractivity contribution in [3.8, 4) is 33.5 Å². The van der Waals surface area contributed by atoms with Gasteiger partial charge in [0.1, 0.15) is 7.05 Å². The molecule has 1 heteroatoms. The minimum atomic E-state index is 0.310. The lowest BCUT2D eigenvalue weighted by atomic mass is 9.87. The number of rotatable bonds is 4. The maximum atomic E-state index is 2.32. The molecule has 1 heterocycles. The molecule has 0 spiro atoms. The van der Waals surface area contributed by atoms with Gasteiger partial charge in [-0.15, -0.1) is 0 Å². The van der Waals surface area contributed by atoms with Gasteiger partial charge in [0.2, 0.25) is 5.69 Å². The van der Waals surface area contributed by atoms with E-state index < -0.39 is 0 Å². The quantitative estimate of drug-likeness (QED) is 0.286. The highest BCUT2D eigenvalue weighted by Crippen LogP contribution is 2.30. The summed E-state index contributed by atoms with van der Waals surface area (Å²) in [4.78, 5) is 0. The normalized spacial score (nSPS) is 11.6. The fraction of sp³-hybridized carbons (Fsp3) is 0.281. The van der Waals surface area contributed by atoms with Crippen LogP contribution in [0.25, 0.3) is 33.5 Å². The molecule has 0 radical (unpaired) electrons. The van der Waals surface area contributed by atoms with Gasteiger partial charge < -0.3 is 0 Å². The highest BCUT2D eigenvalue weighted by atomic mass is 14.9. The molecule has 0 unspecified atom stereocenters. The summed E-state index contributed by atoms with van der Waals surface area (Å²) in [6.07, 6.45) is 3.27. The zero-order chi connectivity index (χ0) is 23.8. The molecule has 33 heavy (non-hydrogen) atoms. The molecule has 1 nitrogen and oxygen atoms in total. The van der Waals surface area contributed by atoms with Gasteiger partial charge in [-0.3, -0.25) is 0 Å². The average molecular weight is 435 g/mol. The highest BCUT2D eigenvalue weighted by Gasteiger charge is 2.16. The largest absolute Gasteiger partial charge is 0.213 e. The molecule has 0 bridgehead atoms. The smallest absolute Gasteiger partial charge is 0.201 e. The topological polar surface area (TPSA) is 3.88 Å². The Bertz CT molecular complexity index is 1270. The van der Waals surface area contributed by atoms with Crippen molar-refractivity contribution < 1.29 is 4.57 Å². The van der Waals surface area contributed by atoms with Gasteiger partial charge in [-0.2, -0.15) is 0 Å².